The summed E-state index contributed by atoms with van der Waals surface area (Å²) >= 11 is 0. The molecule has 0 aliphatic heterocycles. The number of nitrogens with one attached hydrogen (secondary N) is 1. The number of benzene rings is 5. The minimum atomic E-state index is -4.88. The number of aromatic nitrogens is 1. The topological polar surface area (TPSA) is 82.0 Å². The highest BCUT2D eigenvalue weighted by molar-refractivity contribution is 6.08. The Hall–Kier alpha value is -5.64. The van der Waals surface area contributed by atoms with Gasteiger partial charge in [0.05, 0.1) is 12.1 Å². The number of nitrogens with zero attached hydrogens (tertiary/aromatic N) is 1. The molecule has 6 rings (SSSR count). The molecule has 0 atom stereocenters. The van der Waals surface area contributed by atoms with E-state index in [9.17, 15) is 23.1 Å². The molecule has 6 aromatic rings. The van der Waals surface area contributed by atoms with Crippen molar-refractivity contribution in [2.24, 2.45) is 0 Å². The smallest absolute Gasteiger partial charge is 0.493 e. The first-order valence-electron chi connectivity index (χ1n) is 14.5. The summed E-state index contributed by atoms with van der Waals surface area (Å²) in [6.07, 6.45) is -5.92. The van der Waals surface area contributed by atoms with E-state index in [1.54, 1.807) is 10.6 Å². The maximum atomic E-state index is 13.0. The second-order valence-electron chi connectivity index (χ2n) is 10.6. The molecule has 7 nitrogen and oxygen atoms in total. The van der Waals surface area contributed by atoms with Crippen LogP contribution in [0.1, 0.15) is 12.0 Å². The first-order chi connectivity index (χ1) is 22.2. The van der Waals surface area contributed by atoms with Gasteiger partial charge in [-0.05, 0) is 59.7 Å². The lowest BCUT2D eigenvalue weighted by Gasteiger charge is -2.14. The van der Waals surface area contributed by atoms with Crippen molar-refractivity contribution in [2.45, 2.75) is 26.3 Å². The van der Waals surface area contributed by atoms with Gasteiger partial charge in [-0.25, -0.2) is 4.79 Å². The minimum absolute atomic E-state index is 0.00385. The number of aryl methyl sites for hydroxylation is 2. The molecule has 1 aromatic heterocycles. The third kappa shape index (κ3) is 6.56. The number of carboxylic acid groups (broad SMARTS) is 1. The number of hydrogen-bond donors (Lipinski definition) is 2. The van der Waals surface area contributed by atoms with Crippen LogP contribution in [0.3, 0.4) is 0 Å². The number of halogens is 3. The summed E-state index contributed by atoms with van der Waals surface area (Å²) in [4.78, 5) is 12.0. The molecule has 0 spiro atoms. The molecule has 2 N–H and O–H groups in total. The number of alkyl halides is 3. The minimum Gasteiger partial charge on any atom is -0.493 e. The van der Waals surface area contributed by atoms with E-state index in [0.717, 1.165) is 33.2 Å². The normalized spacial score (nSPS) is 11.5. The second-order valence-corrected chi connectivity index (χ2v) is 10.6. The maximum Gasteiger partial charge on any atom is 0.573 e. The van der Waals surface area contributed by atoms with Gasteiger partial charge in [0.2, 0.25) is 5.88 Å². The van der Waals surface area contributed by atoms with Crippen LogP contribution in [0.5, 0.6) is 17.4 Å². The average Bonchev–Trinajstić information content (AvgIpc) is 3.30. The fourth-order valence-corrected chi connectivity index (χ4v) is 5.65. The Morgan fingerprint density at radius 3 is 2.39 bits per heavy atom. The van der Waals surface area contributed by atoms with Gasteiger partial charge in [-0.2, -0.15) is 0 Å². The molecule has 0 radical (unpaired) electrons. The number of hydrogen-bond acceptors (Lipinski definition) is 5. The van der Waals surface area contributed by atoms with Crippen LogP contribution in [0.15, 0.2) is 109 Å². The standard InChI is InChI=1S/C36H29F3N2O5/c1-23-10-2-4-15-27(23)29-17-8-18-30-32(29)33(40-25-13-7-14-26(22-25)46-36(37,38)39)34(45-35(42)43)41(30)20-9-21-44-31-19-6-12-24-11-3-5-16-28(24)31/h2-8,10-19,22,40H,9,20-21H2,1H3,(H,42,43). The Morgan fingerprint density at radius 2 is 1.59 bits per heavy atom. The van der Waals surface area contributed by atoms with Gasteiger partial charge in [-0.15, -0.1) is 13.2 Å². The second kappa shape index (κ2) is 12.8. The van der Waals surface area contributed by atoms with E-state index in [-0.39, 0.29) is 17.3 Å². The third-order valence-electron chi connectivity index (χ3n) is 7.53. The van der Waals surface area contributed by atoms with Crippen LogP contribution in [0, 0.1) is 6.92 Å². The zero-order chi connectivity index (χ0) is 32.3. The fourth-order valence-electron chi connectivity index (χ4n) is 5.65. The van der Waals surface area contributed by atoms with E-state index in [1.807, 2.05) is 91.9 Å². The summed E-state index contributed by atoms with van der Waals surface area (Å²) in [7, 11) is 0. The monoisotopic (exact) mass is 626 g/mol. The lowest BCUT2D eigenvalue weighted by atomic mass is 9.97. The molecule has 0 aliphatic carbocycles. The maximum absolute atomic E-state index is 13.0. The van der Waals surface area contributed by atoms with Crippen molar-refractivity contribution in [2.75, 3.05) is 11.9 Å². The van der Waals surface area contributed by atoms with Gasteiger partial charge in [0, 0.05) is 29.1 Å². The van der Waals surface area contributed by atoms with Crippen molar-refractivity contribution in [3.05, 3.63) is 115 Å². The zero-order valence-electron chi connectivity index (χ0n) is 24.7. The number of carbonyl (C=O) groups is 1. The van der Waals surface area contributed by atoms with E-state index < -0.39 is 18.3 Å². The zero-order valence-corrected chi connectivity index (χ0v) is 24.7. The van der Waals surface area contributed by atoms with Crippen molar-refractivity contribution in [1.29, 1.82) is 0 Å². The third-order valence-corrected chi connectivity index (χ3v) is 7.53. The van der Waals surface area contributed by atoms with E-state index >= 15 is 0 Å². The molecule has 0 bridgehead atoms. The number of rotatable bonds is 10. The van der Waals surface area contributed by atoms with Gasteiger partial charge < -0.3 is 29.2 Å². The van der Waals surface area contributed by atoms with Crippen molar-refractivity contribution < 1.29 is 37.3 Å². The van der Waals surface area contributed by atoms with Crippen molar-refractivity contribution in [3.63, 3.8) is 0 Å². The van der Waals surface area contributed by atoms with Crippen molar-refractivity contribution in [3.8, 4) is 28.5 Å². The van der Waals surface area contributed by atoms with Crippen LogP contribution in [-0.2, 0) is 6.54 Å². The Kier molecular flexibility index (Phi) is 8.43. The fraction of sp³-hybridized carbons (Fsp3) is 0.139. The molecule has 5 aromatic carbocycles. The van der Waals surface area contributed by atoms with Crippen LogP contribution in [0.25, 0.3) is 32.8 Å². The first kappa shape index (κ1) is 30.4. The predicted octanol–water partition coefficient (Wildman–Crippen LogP) is 9.94. The SMILES string of the molecule is Cc1ccccc1-c1cccc2c1c(Nc1cccc(OC(F)(F)F)c1)c(OC(=O)O)n2CCCOc1cccc2ccccc12. The lowest BCUT2D eigenvalue weighted by molar-refractivity contribution is -0.274. The van der Waals surface area contributed by atoms with Crippen LogP contribution in [-0.4, -0.2) is 28.8 Å². The largest absolute Gasteiger partial charge is 0.573 e. The first-order valence-corrected chi connectivity index (χ1v) is 14.5. The Bertz CT molecular complexity index is 2030. The van der Waals surface area contributed by atoms with Gasteiger partial charge >= 0.3 is 12.5 Å². The highest BCUT2D eigenvalue weighted by Gasteiger charge is 2.31. The number of anilines is 2. The van der Waals surface area contributed by atoms with Gasteiger partial charge in [-0.3, -0.25) is 0 Å². The molecular formula is C36H29F3N2O5. The Labute approximate surface area is 262 Å². The Morgan fingerprint density at radius 1 is 0.870 bits per heavy atom. The highest BCUT2D eigenvalue weighted by Crippen LogP contribution is 2.45. The molecule has 1 heterocycles. The van der Waals surface area contributed by atoms with E-state index in [4.69, 9.17) is 9.47 Å². The van der Waals surface area contributed by atoms with Gasteiger partial charge in [0.15, 0.2) is 0 Å². The van der Waals surface area contributed by atoms with Gasteiger partial charge in [0.25, 0.3) is 0 Å². The van der Waals surface area contributed by atoms with Gasteiger partial charge in [0.1, 0.15) is 17.2 Å². The number of ether oxygens (including phenoxy) is 3. The molecule has 46 heavy (non-hydrogen) atoms. The molecule has 0 fully saturated rings. The molecule has 10 heteroatoms. The molecule has 0 unspecified atom stereocenters. The predicted molar refractivity (Wildman–Crippen MR) is 171 cm³/mol. The molecule has 0 saturated carbocycles. The van der Waals surface area contributed by atoms with Crippen molar-refractivity contribution in [1.82, 2.24) is 4.57 Å². The van der Waals surface area contributed by atoms with E-state index in [1.165, 1.54) is 18.2 Å². The summed E-state index contributed by atoms with van der Waals surface area (Å²) in [5.41, 5.74) is 3.89. The molecule has 0 saturated heterocycles. The van der Waals surface area contributed by atoms with Crippen LogP contribution >= 0.6 is 0 Å². The van der Waals surface area contributed by atoms with Crippen LogP contribution in [0.4, 0.5) is 29.3 Å². The average molecular weight is 627 g/mol. The summed E-state index contributed by atoms with van der Waals surface area (Å²) in [6.45, 7) is 2.62. The number of fused-ring (bicyclic) bond motifs is 2. The summed E-state index contributed by atoms with van der Waals surface area (Å²) in [6, 6.07) is 32.5. The highest BCUT2D eigenvalue weighted by atomic mass is 19.4. The lowest BCUT2D eigenvalue weighted by Crippen LogP contribution is -2.17. The van der Waals surface area contributed by atoms with Crippen LogP contribution in [0.2, 0.25) is 0 Å². The molecule has 234 valence electrons. The molecule has 0 amide bonds. The quantitative estimate of drug-likeness (QED) is 0.116. The Balaban J connectivity index is 1.42. The van der Waals surface area contributed by atoms with Crippen LogP contribution < -0.4 is 19.5 Å². The van der Waals surface area contributed by atoms with Crippen molar-refractivity contribution >= 4 is 39.2 Å². The van der Waals surface area contributed by atoms with E-state index in [2.05, 4.69) is 10.1 Å². The van der Waals surface area contributed by atoms with Gasteiger partial charge in [-0.1, -0.05) is 78.9 Å². The summed E-state index contributed by atoms with van der Waals surface area (Å²) < 4.78 is 56.4. The molecular weight excluding hydrogens is 597 g/mol. The summed E-state index contributed by atoms with van der Waals surface area (Å²) in [5, 5.41) is 15.6. The van der Waals surface area contributed by atoms with E-state index in [0.29, 0.717) is 30.5 Å². The summed E-state index contributed by atoms with van der Waals surface area (Å²) in [5.74, 6) is 0.310. The molecule has 0 aliphatic rings.